The highest BCUT2D eigenvalue weighted by atomic mass is 35.5. The second kappa shape index (κ2) is 15.1. The maximum Gasteiger partial charge on any atom is 0.262 e. The van der Waals surface area contributed by atoms with Crippen LogP contribution in [0.25, 0.3) is 0 Å². The van der Waals surface area contributed by atoms with Crippen LogP contribution in [0.5, 0.6) is 5.75 Å². The smallest absolute Gasteiger partial charge is 0.262 e. The molecular weight excluding hydrogens is 758 g/mol. The number of fused-ring (bicyclic) bond motifs is 1. The Morgan fingerprint density at radius 1 is 0.845 bits per heavy atom. The van der Waals surface area contributed by atoms with Gasteiger partial charge in [0.05, 0.1) is 21.7 Å². The molecule has 14 heteroatoms. The third kappa shape index (κ3) is 6.75. The van der Waals surface area contributed by atoms with E-state index in [1.807, 2.05) is 35.2 Å². The Balaban J connectivity index is 0.724. The van der Waals surface area contributed by atoms with Crippen LogP contribution in [0.2, 0.25) is 5.02 Å². The first-order chi connectivity index (χ1) is 28.0. The number of carbonyl (C=O) groups is 5. The number of ether oxygens (including phenoxy) is 1. The van der Waals surface area contributed by atoms with Crippen LogP contribution in [0.1, 0.15) is 88.5 Å². The van der Waals surface area contributed by atoms with Crippen molar-refractivity contribution < 1.29 is 28.7 Å². The van der Waals surface area contributed by atoms with Crippen LogP contribution in [0.15, 0.2) is 60.7 Å². The van der Waals surface area contributed by atoms with Gasteiger partial charge in [0, 0.05) is 94.1 Å². The number of nitriles is 1. The van der Waals surface area contributed by atoms with Crippen molar-refractivity contribution in [2.45, 2.75) is 76.1 Å². The Bertz CT molecular complexity index is 2220. The summed E-state index contributed by atoms with van der Waals surface area (Å²) in [6, 6.07) is 20.5. The van der Waals surface area contributed by atoms with Crippen molar-refractivity contribution in [2.75, 3.05) is 55.6 Å². The van der Waals surface area contributed by atoms with Gasteiger partial charge in [0.15, 0.2) is 0 Å². The Hall–Kier alpha value is -5.45. The number of amides is 5. The average molecular weight is 804 g/mol. The van der Waals surface area contributed by atoms with Gasteiger partial charge in [-0.25, -0.2) is 0 Å². The summed E-state index contributed by atoms with van der Waals surface area (Å²) < 4.78 is 6.21. The zero-order valence-corrected chi connectivity index (χ0v) is 33.2. The second-order valence-electron chi connectivity index (χ2n) is 16.6. The summed E-state index contributed by atoms with van der Waals surface area (Å²) in [4.78, 5) is 74.0. The van der Waals surface area contributed by atoms with Crippen molar-refractivity contribution in [3.63, 3.8) is 0 Å². The molecule has 13 nitrogen and oxygen atoms in total. The highest BCUT2D eigenvalue weighted by Gasteiger charge is 2.47. The molecule has 5 aliphatic heterocycles. The molecule has 9 rings (SSSR count). The van der Waals surface area contributed by atoms with Crippen molar-refractivity contribution in [3.05, 3.63) is 87.9 Å². The number of nitrogens with one attached hydrogen (secondary N) is 1. The molecule has 58 heavy (non-hydrogen) atoms. The molecule has 5 amide bonds. The van der Waals surface area contributed by atoms with E-state index in [9.17, 15) is 29.2 Å². The van der Waals surface area contributed by atoms with Gasteiger partial charge < -0.3 is 19.4 Å². The SMILES string of the molecule is CC1N(c2ccc(C#N)c(Cl)c2)CCC12CCN(c1ccc(C(=O)N3CCN(C4CC(Oc5ccc6c(c5)C(=O)N(C5CCC(=O)NC5=O)C6=O)C4)CC3)cc1)CC2. The number of piperazine rings is 1. The number of rotatable bonds is 7. The van der Waals surface area contributed by atoms with E-state index in [0.717, 1.165) is 81.1 Å². The molecule has 0 radical (unpaired) electrons. The molecule has 2 unspecified atom stereocenters. The average Bonchev–Trinajstić information content (AvgIpc) is 3.66. The normalized spacial score (nSPS) is 25.7. The lowest BCUT2D eigenvalue weighted by molar-refractivity contribution is -0.136. The number of hydrogen-bond donors (Lipinski definition) is 1. The molecule has 1 saturated carbocycles. The van der Waals surface area contributed by atoms with Crippen LogP contribution in [0, 0.1) is 16.7 Å². The number of imide groups is 2. The van der Waals surface area contributed by atoms with Gasteiger partial charge in [-0.1, -0.05) is 11.6 Å². The third-order valence-electron chi connectivity index (χ3n) is 13.7. The first-order valence-corrected chi connectivity index (χ1v) is 20.8. The van der Waals surface area contributed by atoms with Gasteiger partial charge in [0.1, 0.15) is 24.0 Å². The molecule has 3 aromatic carbocycles. The van der Waals surface area contributed by atoms with E-state index in [-0.39, 0.29) is 41.4 Å². The molecule has 1 N–H and O–H groups in total. The van der Waals surface area contributed by atoms with Gasteiger partial charge in [-0.15, -0.1) is 0 Å². The van der Waals surface area contributed by atoms with Crippen LogP contribution in [0.3, 0.4) is 0 Å². The van der Waals surface area contributed by atoms with Gasteiger partial charge in [-0.2, -0.15) is 5.26 Å². The van der Waals surface area contributed by atoms with Gasteiger partial charge in [-0.3, -0.25) is 39.1 Å². The fraction of sp³-hybridized carbons (Fsp3) is 0.455. The van der Waals surface area contributed by atoms with E-state index in [1.165, 1.54) is 0 Å². The number of benzene rings is 3. The van der Waals surface area contributed by atoms with Crippen LogP contribution in [-0.4, -0.2) is 114 Å². The van der Waals surface area contributed by atoms with Crippen LogP contribution < -0.4 is 19.9 Å². The molecule has 2 atom stereocenters. The fourth-order valence-corrected chi connectivity index (χ4v) is 10.2. The van der Waals surface area contributed by atoms with Crippen molar-refractivity contribution >= 4 is 52.5 Å². The summed E-state index contributed by atoms with van der Waals surface area (Å²) in [5, 5.41) is 12.0. The molecule has 300 valence electrons. The number of hydrogen-bond acceptors (Lipinski definition) is 10. The molecule has 5 heterocycles. The maximum atomic E-state index is 13.5. The molecule has 1 aliphatic carbocycles. The lowest BCUT2D eigenvalue weighted by Gasteiger charge is -2.46. The van der Waals surface area contributed by atoms with Crippen molar-refractivity contribution in [1.29, 1.82) is 5.26 Å². The van der Waals surface area contributed by atoms with Gasteiger partial charge >= 0.3 is 0 Å². The van der Waals surface area contributed by atoms with E-state index in [4.69, 9.17) is 16.3 Å². The van der Waals surface area contributed by atoms with E-state index < -0.39 is 29.7 Å². The summed E-state index contributed by atoms with van der Waals surface area (Å²) in [6.45, 7) is 8.12. The standard InChI is InChI=1S/C44H46ClN7O6/c1-27-44(14-17-51(27)31-7-4-29(26-46)37(45)24-31)12-15-48(16-13-44)30-5-2-28(3-6-30)41(55)50-20-18-49(19-21-50)32-22-34(23-32)58-33-8-9-35-36(25-33)43(57)52(42(35)56)38-10-11-39(53)47-40(38)54/h2-9,24-25,27,32,34,38H,10-23H2,1H3,(H,47,53,54). The molecule has 6 aliphatic rings. The number of piperidine rings is 2. The Kier molecular flexibility index (Phi) is 9.88. The predicted octanol–water partition coefficient (Wildman–Crippen LogP) is 4.87. The molecule has 4 saturated heterocycles. The third-order valence-corrected chi connectivity index (χ3v) is 14.1. The van der Waals surface area contributed by atoms with E-state index in [1.54, 1.807) is 18.2 Å². The number of nitrogens with zero attached hydrogens (tertiary/aromatic N) is 6. The minimum Gasteiger partial charge on any atom is -0.490 e. The lowest BCUT2D eigenvalue weighted by Crippen LogP contribution is -2.57. The quantitative estimate of drug-likeness (QED) is 0.329. The zero-order chi connectivity index (χ0) is 40.3. The van der Waals surface area contributed by atoms with Crippen LogP contribution in [-0.2, 0) is 9.59 Å². The Morgan fingerprint density at radius 2 is 1.53 bits per heavy atom. The predicted molar refractivity (Wildman–Crippen MR) is 216 cm³/mol. The van der Waals surface area contributed by atoms with E-state index in [0.29, 0.717) is 47.1 Å². The highest BCUT2D eigenvalue weighted by Crippen LogP contribution is 2.48. The maximum absolute atomic E-state index is 13.5. The molecule has 0 bridgehead atoms. The van der Waals surface area contributed by atoms with Crippen molar-refractivity contribution in [1.82, 2.24) is 20.0 Å². The number of carbonyl (C=O) groups excluding carboxylic acids is 5. The molecule has 0 aromatic heterocycles. The van der Waals surface area contributed by atoms with Gasteiger partial charge in [0.2, 0.25) is 11.8 Å². The summed E-state index contributed by atoms with van der Waals surface area (Å²) in [5.41, 5.74) is 4.11. The van der Waals surface area contributed by atoms with E-state index in [2.05, 4.69) is 45.1 Å². The largest absolute Gasteiger partial charge is 0.490 e. The number of anilines is 2. The minimum absolute atomic E-state index is 0.0325. The summed E-state index contributed by atoms with van der Waals surface area (Å²) >= 11 is 6.37. The summed E-state index contributed by atoms with van der Waals surface area (Å²) in [5.74, 6) is -1.57. The number of halogens is 1. The van der Waals surface area contributed by atoms with Gasteiger partial charge in [0.25, 0.3) is 17.7 Å². The first-order valence-electron chi connectivity index (χ1n) is 20.4. The summed E-state index contributed by atoms with van der Waals surface area (Å²) in [6.07, 6.45) is 5.12. The Labute approximate surface area is 342 Å². The topological polar surface area (TPSA) is 147 Å². The summed E-state index contributed by atoms with van der Waals surface area (Å²) in [7, 11) is 0. The van der Waals surface area contributed by atoms with Crippen molar-refractivity contribution in [3.8, 4) is 11.8 Å². The fourth-order valence-electron chi connectivity index (χ4n) is 10.0. The molecule has 3 aromatic rings. The molecule has 5 fully saturated rings. The van der Waals surface area contributed by atoms with Crippen LogP contribution >= 0.6 is 11.6 Å². The monoisotopic (exact) mass is 803 g/mol. The Morgan fingerprint density at radius 3 is 2.22 bits per heavy atom. The second-order valence-corrected chi connectivity index (χ2v) is 17.0. The van der Waals surface area contributed by atoms with Crippen LogP contribution in [0.4, 0.5) is 11.4 Å². The first kappa shape index (κ1) is 38.1. The lowest BCUT2D eigenvalue weighted by atomic mass is 9.73. The highest BCUT2D eigenvalue weighted by molar-refractivity contribution is 6.32. The zero-order valence-electron chi connectivity index (χ0n) is 32.5. The molecular formula is C44H46ClN7O6. The van der Waals surface area contributed by atoms with Crippen molar-refractivity contribution in [2.24, 2.45) is 5.41 Å². The van der Waals surface area contributed by atoms with Gasteiger partial charge in [-0.05, 0) is 98.7 Å². The van der Waals surface area contributed by atoms with E-state index >= 15 is 0 Å². The molecule has 1 spiro atoms. The minimum atomic E-state index is -1.00.